The maximum atomic E-state index is 12.7. The van der Waals surface area contributed by atoms with Crippen LogP contribution in [-0.4, -0.2) is 30.9 Å². The van der Waals surface area contributed by atoms with Crippen LogP contribution in [0.15, 0.2) is 95.1 Å². The van der Waals surface area contributed by atoms with Gasteiger partial charge in [-0.05, 0) is 28.8 Å². The minimum Gasteiger partial charge on any atom is -0.465 e. The molecule has 0 saturated carbocycles. The molecule has 160 valence electrons. The molecule has 1 aliphatic heterocycles. The minimum atomic E-state index is -0.622. The van der Waals surface area contributed by atoms with Gasteiger partial charge in [-0.15, -0.1) is 0 Å². The highest BCUT2D eigenvalue weighted by atomic mass is 16.5. The third-order valence-electron chi connectivity index (χ3n) is 5.32. The van der Waals surface area contributed by atoms with Crippen molar-refractivity contribution in [3.8, 4) is 0 Å². The first-order valence-corrected chi connectivity index (χ1v) is 10.1. The van der Waals surface area contributed by atoms with Gasteiger partial charge >= 0.3 is 5.97 Å². The second kappa shape index (κ2) is 9.26. The minimum absolute atomic E-state index is 0.357. The van der Waals surface area contributed by atoms with E-state index in [2.05, 4.69) is 25.8 Å². The fraction of sp³-hybridized carbons (Fsp3) is 0.120. The first-order chi connectivity index (χ1) is 15.6. The number of carbonyl (C=O) groups is 2. The maximum Gasteiger partial charge on any atom is 0.337 e. The Balaban J connectivity index is 1.46. The Hall–Kier alpha value is -4.26. The largest absolute Gasteiger partial charge is 0.465 e. The molecule has 1 heterocycles. The standard InChI is InChI=1S/C25H22N4O3/c1-32-24(31)19-14-12-18(13-15-19)17-26-28-23(30)22-16-25(29-27-22,20-8-4-2-5-9-20)21-10-6-3-7-11-21/h2-15,17,29H,16H2,1H3,(H,28,30)/b26-17+. The Kier molecular flexibility index (Phi) is 6.07. The van der Waals surface area contributed by atoms with Crippen LogP contribution in [0.5, 0.6) is 0 Å². The van der Waals surface area contributed by atoms with E-state index >= 15 is 0 Å². The van der Waals surface area contributed by atoms with E-state index in [0.717, 1.165) is 16.7 Å². The third-order valence-corrected chi connectivity index (χ3v) is 5.32. The highest BCUT2D eigenvalue weighted by Crippen LogP contribution is 2.36. The van der Waals surface area contributed by atoms with E-state index in [4.69, 9.17) is 0 Å². The van der Waals surface area contributed by atoms with Crippen LogP contribution in [0.1, 0.15) is 33.5 Å². The van der Waals surface area contributed by atoms with Gasteiger partial charge in [0.1, 0.15) is 11.3 Å². The normalized spacial score (nSPS) is 14.5. The average molecular weight is 426 g/mol. The molecule has 3 aromatic rings. The molecule has 3 aromatic carbocycles. The second-order valence-electron chi connectivity index (χ2n) is 7.30. The topological polar surface area (TPSA) is 92.1 Å². The van der Waals surface area contributed by atoms with Gasteiger partial charge in [0.15, 0.2) is 0 Å². The first kappa shape index (κ1) is 21.0. The van der Waals surface area contributed by atoms with Crippen LogP contribution in [0.2, 0.25) is 0 Å². The summed E-state index contributed by atoms with van der Waals surface area (Å²) in [7, 11) is 1.33. The molecule has 0 aromatic heterocycles. The van der Waals surface area contributed by atoms with Crippen molar-refractivity contribution in [1.82, 2.24) is 10.9 Å². The predicted octanol–water partition coefficient (Wildman–Crippen LogP) is 3.22. The summed E-state index contributed by atoms with van der Waals surface area (Å²) in [5, 5.41) is 8.36. The number of hydrogen-bond donors (Lipinski definition) is 2. The van der Waals surface area contributed by atoms with Crippen molar-refractivity contribution in [1.29, 1.82) is 0 Å². The van der Waals surface area contributed by atoms with Crippen LogP contribution >= 0.6 is 0 Å². The fourth-order valence-electron chi connectivity index (χ4n) is 3.62. The molecule has 0 spiro atoms. The summed E-state index contributed by atoms with van der Waals surface area (Å²) in [6, 6.07) is 26.6. The van der Waals surface area contributed by atoms with E-state index in [1.54, 1.807) is 24.3 Å². The van der Waals surface area contributed by atoms with Crippen molar-refractivity contribution >= 4 is 23.8 Å². The molecule has 7 nitrogen and oxygen atoms in total. The molecule has 1 amide bonds. The lowest BCUT2D eigenvalue weighted by Gasteiger charge is -2.30. The lowest BCUT2D eigenvalue weighted by Crippen LogP contribution is -2.38. The van der Waals surface area contributed by atoms with Crippen molar-refractivity contribution in [3.05, 3.63) is 107 Å². The van der Waals surface area contributed by atoms with E-state index in [0.29, 0.717) is 17.7 Å². The van der Waals surface area contributed by atoms with Gasteiger partial charge in [0.2, 0.25) is 0 Å². The molecule has 0 atom stereocenters. The number of esters is 1. The Morgan fingerprint density at radius 2 is 1.56 bits per heavy atom. The molecule has 2 N–H and O–H groups in total. The van der Waals surface area contributed by atoms with E-state index in [1.165, 1.54) is 13.3 Å². The van der Waals surface area contributed by atoms with Crippen LogP contribution in [0.4, 0.5) is 0 Å². The van der Waals surface area contributed by atoms with Crippen molar-refractivity contribution in [2.24, 2.45) is 10.2 Å². The molecule has 0 saturated heterocycles. The zero-order valence-corrected chi connectivity index (χ0v) is 17.5. The van der Waals surface area contributed by atoms with Gasteiger partial charge in [0.25, 0.3) is 5.91 Å². The Morgan fingerprint density at radius 1 is 0.969 bits per heavy atom. The smallest absolute Gasteiger partial charge is 0.337 e. The number of methoxy groups -OCH3 is 1. The maximum absolute atomic E-state index is 12.7. The van der Waals surface area contributed by atoms with E-state index in [9.17, 15) is 9.59 Å². The van der Waals surface area contributed by atoms with Crippen LogP contribution in [0.3, 0.4) is 0 Å². The lowest BCUT2D eigenvalue weighted by atomic mass is 9.80. The summed E-state index contributed by atoms with van der Waals surface area (Å²) in [5.74, 6) is -0.789. The third kappa shape index (κ3) is 4.27. The van der Waals surface area contributed by atoms with Gasteiger partial charge in [0.05, 0.1) is 18.9 Å². The average Bonchev–Trinajstić information content (AvgIpc) is 3.32. The molecule has 0 fully saturated rings. The number of amides is 1. The summed E-state index contributed by atoms with van der Waals surface area (Å²) >= 11 is 0. The number of ether oxygens (including phenoxy) is 1. The van der Waals surface area contributed by atoms with Crippen LogP contribution in [-0.2, 0) is 15.1 Å². The van der Waals surface area contributed by atoms with Crippen molar-refractivity contribution in [3.63, 3.8) is 0 Å². The van der Waals surface area contributed by atoms with Crippen LogP contribution in [0, 0.1) is 0 Å². The van der Waals surface area contributed by atoms with Crippen LogP contribution in [0.25, 0.3) is 0 Å². The van der Waals surface area contributed by atoms with E-state index in [-0.39, 0.29) is 5.91 Å². The molecule has 4 rings (SSSR count). The molecule has 1 aliphatic rings. The highest BCUT2D eigenvalue weighted by molar-refractivity contribution is 6.39. The molecule has 0 radical (unpaired) electrons. The Bertz CT molecular complexity index is 1120. The Labute approximate surface area is 185 Å². The van der Waals surface area contributed by atoms with Gasteiger partial charge in [-0.2, -0.15) is 10.2 Å². The zero-order valence-electron chi connectivity index (χ0n) is 17.5. The SMILES string of the molecule is COC(=O)c1ccc(/C=N/NC(=O)C2=NNC(c3ccccc3)(c3ccccc3)C2)cc1. The van der Waals surface area contributed by atoms with E-state index in [1.807, 2.05) is 60.7 Å². The predicted molar refractivity (Wildman–Crippen MR) is 122 cm³/mol. The fourth-order valence-corrected chi connectivity index (χ4v) is 3.62. The number of nitrogens with zero attached hydrogens (tertiary/aromatic N) is 2. The Morgan fingerprint density at radius 3 is 2.12 bits per heavy atom. The quantitative estimate of drug-likeness (QED) is 0.360. The van der Waals surface area contributed by atoms with E-state index < -0.39 is 11.5 Å². The number of hydrazone groups is 2. The van der Waals surface area contributed by atoms with Crippen LogP contribution < -0.4 is 10.9 Å². The van der Waals surface area contributed by atoms with Gasteiger partial charge in [0, 0.05) is 6.42 Å². The molecular weight excluding hydrogens is 404 g/mol. The molecule has 0 bridgehead atoms. The molecular formula is C25H22N4O3. The van der Waals surface area contributed by atoms with Crippen molar-refractivity contribution in [2.75, 3.05) is 7.11 Å². The van der Waals surface area contributed by atoms with Crippen molar-refractivity contribution in [2.45, 2.75) is 12.0 Å². The monoisotopic (exact) mass is 426 g/mol. The summed E-state index contributed by atoms with van der Waals surface area (Å²) in [6.45, 7) is 0. The van der Waals surface area contributed by atoms with Gasteiger partial charge in [-0.3, -0.25) is 10.2 Å². The molecule has 0 unspecified atom stereocenters. The van der Waals surface area contributed by atoms with Gasteiger partial charge in [-0.25, -0.2) is 10.2 Å². The zero-order chi connectivity index (χ0) is 22.4. The number of carbonyl (C=O) groups excluding carboxylic acids is 2. The first-order valence-electron chi connectivity index (χ1n) is 10.1. The second-order valence-corrected chi connectivity index (χ2v) is 7.30. The summed E-state index contributed by atoms with van der Waals surface area (Å²) in [4.78, 5) is 24.2. The summed E-state index contributed by atoms with van der Waals surface area (Å²) in [5.41, 5.74) is 8.67. The van der Waals surface area contributed by atoms with Gasteiger partial charge < -0.3 is 4.74 Å². The molecule has 7 heteroatoms. The number of benzene rings is 3. The number of hydrogen-bond acceptors (Lipinski definition) is 6. The molecule has 32 heavy (non-hydrogen) atoms. The number of nitrogens with one attached hydrogen (secondary N) is 2. The number of rotatable bonds is 6. The summed E-state index contributed by atoms with van der Waals surface area (Å²) < 4.78 is 4.68. The highest BCUT2D eigenvalue weighted by Gasteiger charge is 2.41. The van der Waals surface area contributed by atoms with Crippen molar-refractivity contribution < 1.29 is 14.3 Å². The lowest BCUT2D eigenvalue weighted by molar-refractivity contribution is -0.114. The molecule has 0 aliphatic carbocycles. The van der Waals surface area contributed by atoms with Gasteiger partial charge in [-0.1, -0.05) is 72.8 Å². The summed E-state index contributed by atoms with van der Waals surface area (Å²) in [6.07, 6.45) is 1.89.